The summed E-state index contributed by atoms with van der Waals surface area (Å²) >= 11 is 0. The second kappa shape index (κ2) is 11.4. The molecule has 3 aromatic carbocycles. The molecule has 0 bridgehead atoms. The smallest absolute Gasteiger partial charge is 0.344 e. The largest absolute Gasteiger partial charge is 0.460 e. The molecule has 3 rings (SSSR count). The third-order valence-electron chi connectivity index (χ3n) is 4.69. The molecule has 0 saturated heterocycles. The van der Waals surface area contributed by atoms with Gasteiger partial charge in [-0.3, -0.25) is 4.79 Å². The fourth-order valence-electron chi connectivity index (χ4n) is 2.99. The molecule has 3 aromatic rings. The predicted octanol–water partition coefficient (Wildman–Crippen LogP) is 4.33. The van der Waals surface area contributed by atoms with Gasteiger partial charge in [0.15, 0.2) is 0 Å². The van der Waals surface area contributed by atoms with Crippen LogP contribution in [0.25, 0.3) is 0 Å². The maximum absolute atomic E-state index is 14.0. The first-order chi connectivity index (χ1) is 17.1. The highest BCUT2D eigenvalue weighted by Gasteiger charge is 2.26. The highest BCUT2D eigenvalue weighted by atomic mass is 19.2. The van der Waals surface area contributed by atoms with Gasteiger partial charge in [-0.05, 0) is 36.4 Å². The molecular weight excluding hydrogens is 496 g/mol. The Labute approximate surface area is 199 Å². The number of esters is 2. The Balaban J connectivity index is 1.79. The minimum absolute atomic E-state index is 0.782. The quantitative estimate of drug-likeness (QED) is 0.360. The first kappa shape index (κ1) is 26.3. The Morgan fingerprint density at radius 2 is 0.889 bits per heavy atom. The van der Waals surface area contributed by atoms with E-state index < -0.39 is 88.7 Å². The van der Waals surface area contributed by atoms with Crippen molar-refractivity contribution in [3.63, 3.8) is 0 Å². The van der Waals surface area contributed by atoms with Crippen LogP contribution in [-0.2, 0) is 9.47 Å². The molecule has 0 heterocycles. The summed E-state index contributed by atoms with van der Waals surface area (Å²) in [7, 11) is 0. The molecule has 0 saturated carbocycles. The number of halogens is 6. The normalized spacial score (nSPS) is 10.8. The van der Waals surface area contributed by atoms with Crippen molar-refractivity contribution in [2.75, 3.05) is 13.2 Å². The van der Waals surface area contributed by atoms with Crippen LogP contribution in [0.2, 0.25) is 0 Å². The van der Waals surface area contributed by atoms with Crippen LogP contribution in [0.15, 0.2) is 54.6 Å². The molecule has 1 N–H and O–H groups in total. The summed E-state index contributed by atoms with van der Waals surface area (Å²) in [5, 5.41) is 2.04. The van der Waals surface area contributed by atoms with Gasteiger partial charge < -0.3 is 14.8 Å². The maximum atomic E-state index is 14.0. The van der Waals surface area contributed by atoms with E-state index in [1.165, 1.54) is 0 Å². The highest BCUT2D eigenvalue weighted by Crippen LogP contribution is 2.16. The second-order valence-corrected chi connectivity index (χ2v) is 7.16. The van der Waals surface area contributed by atoms with E-state index in [2.05, 4.69) is 0 Å². The topological polar surface area (TPSA) is 81.7 Å². The predicted molar refractivity (Wildman–Crippen MR) is 111 cm³/mol. The number of carbonyl (C=O) groups excluding carboxylic acids is 3. The van der Waals surface area contributed by atoms with Gasteiger partial charge in [0.05, 0.1) is 6.04 Å². The molecule has 12 heteroatoms. The molecule has 0 unspecified atom stereocenters. The van der Waals surface area contributed by atoms with Crippen molar-refractivity contribution in [1.29, 1.82) is 0 Å². The molecule has 0 aliphatic heterocycles. The number of ether oxygens (including phenoxy) is 2. The monoisotopic (exact) mass is 511 g/mol. The van der Waals surface area contributed by atoms with E-state index in [0.717, 1.165) is 54.6 Å². The van der Waals surface area contributed by atoms with Crippen LogP contribution in [0.1, 0.15) is 31.1 Å². The van der Waals surface area contributed by atoms with E-state index in [4.69, 9.17) is 9.47 Å². The van der Waals surface area contributed by atoms with Gasteiger partial charge >= 0.3 is 11.9 Å². The summed E-state index contributed by atoms with van der Waals surface area (Å²) in [6, 6.07) is 6.13. The Morgan fingerprint density at radius 3 is 1.22 bits per heavy atom. The fraction of sp³-hybridized carbons (Fsp3) is 0.125. The van der Waals surface area contributed by atoms with Crippen molar-refractivity contribution in [2.45, 2.75) is 6.04 Å². The lowest BCUT2D eigenvalue weighted by atomic mass is 10.1. The number of benzene rings is 3. The van der Waals surface area contributed by atoms with Gasteiger partial charge in [0.25, 0.3) is 5.91 Å². The van der Waals surface area contributed by atoms with Crippen LogP contribution in [0.4, 0.5) is 26.3 Å². The summed E-state index contributed by atoms with van der Waals surface area (Å²) in [4.78, 5) is 36.8. The van der Waals surface area contributed by atoms with Crippen molar-refractivity contribution < 1.29 is 50.2 Å². The molecule has 0 fully saturated rings. The summed E-state index contributed by atoms with van der Waals surface area (Å²) in [6.07, 6.45) is 0. The van der Waals surface area contributed by atoms with Crippen molar-refractivity contribution in [2.24, 2.45) is 0 Å². The van der Waals surface area contributed by atoms with E-state index >= 15 is 0 Å². The lowest BCUT2D eigenvalue weighted by molar-refractivity contribution is 0.0298. The van der Waals surface area contributed by atoms with Gasteiger partial charge in [-0.25, -0.2) is 35.9 Å². The van der Waals surface area contributed by atoms with E-state index in [1.807, 2.05) is 5.32 Å². The van der Waals surface area contributed by atoms with Gasteiger partial charge in [0.1, 0.15) is 64.8 Å². The molecule has 0 atom stereocenters. The molecule has 0 aliphatic rings. The third kappa shape index (κ3) is 6.01. The first-order valence-electron chi connectivity index (χ1n) is 10.1. The molecule has 0 aromatic heterocycles. The molecule has 188 valence electrons. The van der Waals surface area contributed by atoms with Crippen LogP contribution >= 0.6 is 0 Å². The number of carbonyl (C=O) groups is 3. The van der Waals surface area contributed by atoms with Gasteiger partial charge in [-0.1, -0.05) is 18.2 Å². The zero-order valence-corrected chi connectivity index (χ0v) is 18.0. The van der Waals surface area contributed by atoms with Gasteiger partial charge in [0.2, 0.25) is 0 Å². The number of hydrogen-bond donors (Lipinski definition) is 1. The minimum Gasteiger partial charge on any atom is -0.460 e. The van der Waals surface area contributed by atoms with Gasteiger partial charge in [-0.2, -0.15) is 0 Å². The van der Waals surface area contributed by atoms with Crippen molar-refractivity contribution in [3.05, 3.63) is 106 Å². The third-order valence-corrected chi connectivity index (χ3v) is 4.69. The molecule has 0 radical (unpaired) electrons. The molecular formula is C24H15F6NO5. The summed E-state index contributed by atoms with van der Waals surface area (Å²) < 4.78 is 92.8. The van der Waals surface area contributed by atoms with E-state index in [-0.39, 0.29) is 0 Å². The maximum Gasteiger partial charge on any atom is 0.344 e. The lowest BCUT2D eigenvalue weighted by Crippen LogP contribution is -2.43. The first-order valence-corrected chi connectivity index (χ1v) is 10.1. The Morgan fingerprint density at radius 1 is 0.583 bits per heavy atom. The van der Waals surface area contributed by atoms with Crippen LogP contribution < -0.4 is 5.32 Å². The molecule has 6 nitrogen and oxygen atoms in total. The second-order valence-electron chi connectivity index (χ2n) is 7.16. The number of nitrogens with one attached hydrogen (secondary N) is 1. The minimum atomic E-state index is -1.56. The van der Waals surface area contributed by atoms with Crippen molar-refractivity contribution in [1.82, 2.24) is 5.32 Å². The highest BCUT2D eigenvalue weighted by molar-refractivity contribution is 5.95. The average Bonchev–Trinajstić information content (AvgIpc) is 2.80. The molecule has 1 amide bonds. The standard InChI is InChI=1S/C24H15F6NO5/c25-13-4-1-5-14(26)19(13)22(32)31-12(10-35-23(33)20-15(27)6-2-7-16(20)28)11-36-24(34)21-17(29)8-3-9-18(21)30/h1-9,12H,10-11H2,(H,31,32). The zero-order valence-electron chi connectivity index (χ0n) is 18.0. The van der Waals surface area contributed by atoms with E-state index in [9.17, 15) is 40.7 Å². The number of amides is 1. The molecule has 0 spiro atoms. The summed E-state index contributed by atoms with van der Waals surface area (Å²) in [6.45, 7) is -1.83. The van der Waals surface area contributed by atoms with Crippen LogP contribution in [0.5, 0.6) is 0 Å². The van der Waals surface area contributed by atoms with E-state index in [1.54, 1.807) is 0 Å². The van der Waals surface area contributed by atoms with Crippen molar-refractivity contribution in [3.8, 4) is 0 Å². The SMILES string of the molecule is O=C(NC(COC(=O)c1c(F)cccc1F)COC(=O)c1c(F)cccc1F)c1c(F)cccc1F. The van der Waals surface area contributed by atoms with Crippen LogP contribution in [0, 0.1) is 34.9 Å². The van der Waals surface area contributed by atoms with Crippen LogP contribution in [0.3, 0.4) is 0 Å². The van der Waals surface area contributed by atoms with Gasteiger partial charge in [-0.15, -0.1) is 0 Å². The Kier molecular flexibility index (Phi) is 8.30. The molecule has 36 heavy (non-hydrogen) atoms. The lowest BCUT2D eigenvalue weighted by Gasteiger charge is -2.19. The van der Waals surface area contributed by atoms with Crippen LogP contribution in [-0.4, -0.2) is 37.1 Å². The summed E-state index contributed by atoms with van der Waals surface area (Å²) in [5.74, 6) is -11.9. The Bertz CT molecular complexity index is 1190. The zero-order chi connectivity index (χ0) is 26.4. The molecule has 0 aliphatic carbocycles. The van der Waals surface area contributed by atoms with Crippen molar-refractivity contribution >= 4 is 17.8 Å². The summed E-state index contributed by atoms with van der Waals surface area (Å²) in [5.41, 5.74) is -3.15. The fourth-order valence-corrected chi connectivity index (χ4v) is 2.99. The number of rotatable bonds is 8. The van der Waals surface area contributed by atoms with E-state index in [0.29, 0.717) is 0 Å². The Hall–Kier alpha value is -4.35. The average molecular weight is 511 g/mol. The van der Waals surface area contributed by atoms with Gasteiger partial charge in [0, 0.05) is 0 Å². The number of hydrogen-bond acceptors (Lipinski definition) is 5.